The number of hydrogen-bond acceptors (Lipinski definition) is 4. The highest BCUT2D eigenvalue weighted by Crippen LogP contribution is 2.50. The summed E-state index contributed by atoms with van der Waals surface area (Å²) in [6.45, 7) is 0. The maximum absolute atomic E-state index is 5.90. The van der Waals surface area contributed by atoms with Crippen molar-refractivity contribution in [3.05, 3.63) is 218 Å². The van der Waals surface area contributed by atoms with E-state index in [1.165, 1.54) is 43.1 Å². The maximum Gasteiger partial charge on any atom is 0.165 e. The molecule has 10 aromatic carbocycles. The molecule has 0 aliphatic carbocycles. The number of rotatable bonds is 6. The van der Waals surface area contributed by atoms with Gasteiger partial charge in [-0.15, -0.1) is 0 Å². The lowest BCUT2D eigenvalue weighted by atomic mass is 10.0. The van der Waals surface area contributed by atoms with Crippen molar-refractivity contribution >= 4 is 132 Å². The van der Waals surface area contributed by atoms with Gasteiger partial charge in [0.15, 0.2) is 11.3 Å². The molecule has 0 amide bonds. The van der Waals surface area contributed by atoms with E-state index in [0.717, 1.165) is 89.3 Å². The molecule has 15 rings (SSSR count). The lowest BCUT2D eigenvalue weighted by molar-refractivity contribution is 1.22. The zero-order chi connectivity index (χ0) is 43.0. The standard InChI is InChI=1S/C60H36N6/c1-5-21-39(22-6-1)63(40-23-7-2-8-24-40)49-33-17-31-45-51-43-29-15-13-19-37(43)35-47-53-59(65(55(45)49)57(47)51)61-54-48-36-38-20-14-16-30-44(38)52-46-32-18-34-50(56(46)66(58(48)52)60(54)62-53)64(41-25-9-3-10-26-41)42-27-11-4-12-28-42/h1-36H. The predicted molar refractivity (Wildman–Crippen MR) is 276 cm³/mol. The van der Waals surface area contributed by atoms with Gasteiger partial charge in [0.1, 0.15) is 11.0 Å². The van der Waals surface area contributed by atoms with Crippen LogP contribution < -0.4 is 9.80 Å². The van der Waals surface area contributed by atoms with Crippen molar-refractivity contribution in [2.45, 2.75) is 0 Å². The number of hydrogen-bond donors (Lipinski definition) is 0. The Kier molecular flexibility index (Phi) is 7.13. The first kappa shape index (κ1) is 35.5. The zero-order valence-electron chi connectivity index (χ0n) is 35.5. The molecule has 0 radical (unpaired) electrons. The van der Waals surface area contributed by atoms with E-state index < -0.39 is 0 Å². The van der Waals surface area contributed by atoms with Crippen LogP contribution in [0.15, 0.2) is 218 Å². The summed E-state index contributed by atoms with van der Waals surface area (Å²) in [4.78, 5) is 16.5. The largest absolute Gasteiger partial charge is 0.308 e. The van der Waals surface area contributed by atoms with Crippen LogP contribution in [0, 0.1) is 0 Å². The normalized spacial score (nSPS) is 12.2. The van der Waals surface area contributed by atoms with E-state index in [2.05, 4.69) is 237 Å². The minimum Gasteiger partial charge on any atom is -0.308 e. The molecular formula is C60H36N6. The molecule has 0 unspecified atom stereocenters. The summed E-state index contributed by atoms with van der Waals surface area (Å²) in [5.41, 5.74) is 14.4. The van der Waals surface area contributed by atoms with Gasteiger partial charge in [0.25, 0.3) is 0 Å². The average molecular weight is 841 g/mol. The van der Waals surface area contributed by atoms with Crippen molar-refractivity contribution in [3.63, 3.8) is 0 Å². The first-order chi connectivity index (χ1) is 32.8. The van der Waals surface area contributed by atoms with Crippen LogP contribution in [-0.4, -0.2) is 18.8 Å². The molecule has 0 N–H and O–H groups in total. The Morgan fingerprint density at radius 1 is 0.288 bits per heavy atom. The van der Waals surface area contributed by atoms with Gasteiger partial charge in [-0.1, -0.05) is 146 Å². The molecule has 0 spiro atoms. The molecule has 0 saturated heterocycles. The first-order valence-electron chi connectivity index (χ1n) is 22.5. The van der Waals surface area contributed by atoms with Gasteiger partial charge >= 0.3 is 0 Å². The van der Waals surface area contributed by atoms with Crippen molar-refractivity contribution < 1.29 is 0 Å². The van der Waals surface area contributed by atoms with Gasteiger partial charge in [0, 0.05) is 55.1 Å². The molecule has 0 atom stereocenters. The second-order valence-corrected chi connectivity index (χ2v) is 17.3. The van der Waals surface area contributed by atoms with Crippen LogP contribution in [0.5, 0.6) is 0 Å². The number of nitrogens with zero attached hydrogens (tertiary/aromatic N) is 6. The molecule has 5 aromatic heterocycles. The molecule has 6 nitrogen and oxygen atoms in total. The summed E-state index contributed by atoms with van der Waals surface area (Å²) in [5, 5.41) is 11.7. The SMILES string of the molecule is c1ccc(N(c2ccccc2)c2cccc3c4c5ccccc5cc5c6nc7c(nc6n(c23)c54)c2cc3ccccc3c3c4cccc(N(c5ccccc5)c5ccccc5)c4n7c23)cc1. The van der Waals surface area contributed by atoms with E-state index in [0.29, 0.717) is 0 Å². The summed E-state index contributed by atoms with van der Waals surface area (Å²) < 4.78 is 4.84. The van der Waals surface area contributed by atoms with Crippen molar-refractivity contribution in [1.82, 2.24) is 18.8 Å². The Labute approximate surface area is 377 Å². The number of aromatic nitrogens is 4. The van der Waals surface area contributed by atoms with Crippen molar-refractivity contribution in [1.29, 1.82) is 0 Å². The van der Waals surface area contributed by atoms with E-state index >= 15 is 0 Å². The Bertz CT molecular complexity index is 4020. The number of fused-ring (bicyclic) bond motifs is 16. The molecule has 0 fully saturated rings. The lowest BCUT2D eigenvalue weighted by Crippen LogP contribution is -2.10. The van der Waals surface area contributed by atoms with Crippen LogP contribution in [0.25, 0.3) is 98.3 Å². The molecule has 306 valence electrons. The maximum atomic E-state index is 5.90. The molecule has 6 heteroatoms. The van der Waals surface area contributed by atoms with E-state index in [4.69, 9.17) is 9.97 Å². The number of para-hydroxylation sites is 6. The van der Waals surface area contributed by atoms with Crippen molar-refractivity contribution in [2.24, 2.45) is 0 Å². The van der Waals surface area contributed by atoms with Gasteiger partial charge in [-0.25, -0.2) is 9.97 Å². The van der Waals surface area contributed by atoms with Crippen molar-refractivity contribution in [2.75, 3.05) is 9.80 Å². The van der Waals surface area contributed by atoms with Gasteiger partial charge in [-0.3, -0.25) is 8.80 Å². The highest BCUT2D eigenvalue weighted by Gasteiger charge is 2.30. The summed E-state index contributed by atoms with van der Waals surface area (Å²) in [6.07, 6.45) is 0. The molecule has 5 heterocycles. The third-order valence-corrected chi connectivity index (χ3v) is 13.8. The molecular weight excluding hydrogens is 805 g/mol. The van der Waals surface area contributed by atoms with E-state index in [1.807, 2.05) is 0 Å². The van der Waals surface area contributed by atoms with Gasteiger partial charge in [0.2, 0.25) is 0 Å². The molecule has 66 heavy (non-hydrogen) atoms. The fourth-order valence-electron chi connectivity index (χ4n) is 11.2. The Morgan fingerprint density at radius 3 is 1.00 bits per heavy atom. The summed E-state index contributed by atoms with van der Waals surface area (Å²) in [7, 11) is 0. The summed E-state index contributed by atoms with van der Waals surface area (Å²) in [6, 6.07) is 78.5. The van der Waals surface area contributed by atoms with E-state index in [9.17, 15) is 0 Å². The van der Waals surface area contributed by atoms with E-state index in [-0.39, 0.29) is 0 Å². The number of benzene rings is 10. The summed E-state index contributed by atoms with van der Waals surface area (Å²) in [5.74, 6) is 0. The quantitative estimate of drug-likeness (QED) is 0.167. The molecule has 0 saturated carbocycles. The van der Waals surface area contributed by atoms with Gasteiger partial charge in [0.05, 0.1) is 33.4 Å². The Balaban J connectivity index is 1.14. The van der Waals surface area contributed by atoms with Crippen LogP contribution in [0.4, 0.5) is 34.1 Å². The molecule has 0 aliphatic heterocycles. The van der Waals surface area contributed by atoms with Gasteiger partial charge in [-0.2, -0.15) is 0 Å². The van der Waals surface area contributed by atoms with Gasteiger partial charge < -0.3 is 9.80 Å². The minimum atomic E-state index is 0.847. The Morgan fingerprint density at radius 2 is 0.621 bits per heavy atom. The minimum absolute atomic E-state index is 0.847. The second kappa shape index (κ2) is 13.3. The topological polar surface area (TPSA) is 41.1 Å². The van der Waals surface area contributed by atoms with Crippen LogP contribution in [-0.2, 0) is 0 Å². The van der Waals surface area contributed by atoms with Crippen LogP contribution in [0.3, 0.4) is 0 Å². The van der Waals surface area contributed by atoms with Crippen LogP contribution in [0.2, 0.25) is 0 Å². The van der Waals surface area contributed by atoms with E-state index in [1.54, 1.807) is 0 Å². The van der Waals surface area contributed by atoms with Crippen LogP contribution >= 0.6 is 0 Å². The third kappa shape index (κ3) is 4.69. The van der Waals surface area contributed by atoms with Crippen molar-refractivity contribution in [3.8, 4) is 0 Å². The smallest absolute Gasteiger partial charge is 0.165 e. The monoisotopic (exact) mass is 840 g/mol. The van der Waals surface area contributed by atoms with Gasteiger partial charge in [-0.05, 0) is 94.3 Å². The average Bonchev–Trinajstić information content (AvgIpc) is 4.11. The highest BCUT2D eigenvalue weighted by molar-refractivity contribution is 6.35. The fourth-order valence-corrected chi connectivity index (χ4v) is 11.2. The predicted octanol–water partition coefficient (Wildman–Crippen LogP) is 16.0. The highest BCUT2D eigenvalue weighted by atomic mass is 15.2. The zero-order valence-corrected chi connectivity index (χ0v) is 35.5. The third-order valence-electron chi connectivity index (χ3n) is 13.8. The lowest BCUT2D eigenvalue weighted by Gasteiger charge is -2.26. The fraction of sp³-hybridized carbons (Fsp3) is 0. The second-order valence-electron chi connectivity index (χ2n) is 17.3. The summed E-state index contributed by atoms with van der Waals surface area (Å²) >= 11 is 0. The Hall–Kier alpha value is -9.00. The molecule has 0 bridgehead atoms. The molecule has 0 aliphatic rings. The first-order valence-corrected chi connectivity index (χ1v) is 22.5. The number of anilines is 6. The molecule has 15 aromatic rings. The van der Waals surface area contributed by atoms with Crippen LogP contribution in [0.1, 0.15) is 0 Å².